The van der Waals surface area contributed by atoms with Gasteiger partial charge in [-0.3, -0.25) is 4.79 Å². The molecule has 0 spiro atoms. The first-order valence-corrected chi connectivity index (χ1v) is 10.8. The lowest BCUT2D eigenvalue weighted by atomic mass is 9.96. The molecule has 2 saturated heterocycles. The highest BCUT2D eigenvalue weighted by molar-refractivity contribution is 5.77. The second kappa shape index (κ2) is 9.89. The van der Waals surface area contributed by atoms with Crippen LogP contribution < -0.4 is 10.6 Å². The summed E-state index contributed by atoms with van der Waals surface area (Å²) in [4.78, 5) is 26.4. The van der Waals surface area contributed by atoms with E-state index in [4.69, 9.17) is 4.74 Å². The minimum atomic E-state index is -1.12. The Balaban J connectivity index is 1.41. The van der Waals surface area contributed by atoms with E-state index in [1.165, 1.54) is 6.42 Å². The zero-order chi connectivity index (χ0) is 20.1. The first-order chi connectivity index (χ1) is 13.4. The van der Waals surface area contributed by atoms with Crippen molar-refractivity contribution in [1.82, 2.24) is 15.5 Å². The minimum Gasteiger partial charge on any atom is -0.388 e. The third kappa shape index (κ3) is 5.58. The molecule has 4 atom stereocenters. The number of amides is 3. The van der Waals surface area contributed by atoms with E-state index < -0.39 is 24.4 Å². The minimum absolute atomic E-state index is 0.0493. The molecule has 0 aromatic heterocycles. The van der Waals surface area contributed by atoms with Crippen molar-refractivity contribution in [3.63, 3.8) is 0 Å². The van der Waals surface area contributed by atoms with Crippen molar-refractivity contribution in [3.8, 4) is 0 Å². The molecule has 2 aliphatic heterocycles. The van der Waals surface area contributed by atoms with E-state index in [2.05, 4.69) is 17.6 Å². The number of piperidine rings is 1. The predicted octanol–water partition coefficient (Wildman–Crippen LogP) is 0.756. The number of urea groups is 1. The van der Waals surface area contributed by atoms with Crippen LogP contribution in [0.3, 0.4) is 0 Å². The standard InChI is InChI=1S/C20H35N3O5/c1-13-7-9-23(10-8-13)17(24)11-15-18(25)19(26)16(28-15)12-21-20(27)22-14-5-3-2-4-6-14/h13-16,18-19,25-26H,2-12H2,1H3,(H2,21,22,27)/t15-,16+,18-,19+/m0/s1. The Hall–Kier alpha value is -1.38. The van der Waals surface area contributed by atoms with Crippen LogP contribution in [-0.4, -0.2) is 77.1 Å². The van der Waals surface area contributed by atoms with Crippen LogP contribution in [0.25, 0.3) is 0 Å². The number of hydrogen-bond acceptors (Lipinski definition) is 5. The quantitative estimate of drug-likeness (QED) is 0.547. The highest BCUT2D eigenvalue weighted by atomic mass is 16.5. The molecule has 0 unspecified atom stereocenters. The highest BCUT2D eigenvalue weighted by Gasteiger charge is 2.44. The second-order valence-electron chi connectivity index (χ2n) is 8.65. The summed E-state index contributed by atoms with van der Waals surface area (Å²) >= 11 is 0. The van der Waals surface area contributed by atoms with Gasteiger partial charge in [-0.1, -0.05) is 26.2 Å². The number of rotatable bonds is 5. The Kier molecular flexibility index (Phi) is 7.54. The number of carbonyl (C=O) groups is 2. The Morgan fingerprint density at radius 3 is 2.32 bits per heavy atom. The van der Waals surface area contributed by atoms with Crippen LogP contribution in [0.15, 0.2) is 0 Å². The van der Waals surface area contributed by atoms with E-state index in [9.17, 15) is 19.8 Å². The Labute approximate surface area is 167 Å². The lowest BCUT2D eigenvalue weighted by Gasteiger charge is -2.31. The summed E-state index contributed by atoms with van der Waals surface area (Å²) in [5.74, 6) is 0.584. The summed E-state index contributed by atoms with van der Waals surface area (Å²) in [5.41, 5.74) is 0. The number of carbonyl (C=O) groups excluding carboxylic acids is 2. The summed E-state index contributed by atoms with van der Waals surface area (Å²) in [6.45, 7) is 3.75. The maximum atomic E-state index is 12.5. The average Bonchev–Trinajstić information content (AvgIpc) is 2.95. The van der Waals surface area contributed by atoms with Crippen molar-refractivity contribution >= 4 is 11.9 Å². The summed E-state index contributed by atoms with van der Waals surface area (Å²) in [6, 6.07) is -0.0782. The Bertz CT molecular complexity index is 532. The number of nitrogens with zero attached hydrogens (tertiary/aromatic N) is 1. The zero-order valence-electron chi connectivity index (χ0n) is 16.8. The van der Waals surface area contributed by atoms with Gasteiger partial charge in [-0.25, -0.2) is 4.79 Å². The maximum Gasteiger partial charge on any atom is 0.315 e. The molecule has 0 aromatic rings. The van der Waals surface area contributed by atoms with Crippen molar-refractivity contribution in [1.29, 1.82) is 0 Å². The summed E-state index contributed by atoms with van der Waals surface area (Å²) < 4.78 is 5.72. The zero-order valence-corrected chi connectivity index (χ0v) is 16.8. The molecule has 3 amide bonds. The summed E-state index contributed by atoms with van der Waals surface area (Å²) in [5, 5.41) is 26.2. The lowest BCUT2D eigenvalue weighted by molar-refractivity contribution is -0.136. The Morgan fingerprint density at radius 2 is 1.64 bits per heavy atom. The molecular formula is C20H35N3O5. The van der Waals surface area contributed by atoms with Crippen LogP contribution in [0, 0.1) is 5.92 Å². The van der Waals surface area contributed by atoms with Gasteiger partial charge in [0.05, 0.1) is 12.5 Å². The van der Waals surface area contributed by atoms with Gasteiger partial charge >= 0.3 is 6.03 Å². The van der Waals surface area contributed by atoms with Crippen molar-refractivity contribution in [2.45, 2.75) is 88.7 Å². The van der Waals surface area contributed by atoms with E-state index in [1.54, 1.807) is 0 Å². The number of ether oxygens (including phenoxy) is 1. The van der Waals surface area contributed by atoms with Crippen LogP contribution >= 0.6 is 0 Å². The van der Waals surface area contributed by atoms with E-state index in [0.29, 0.717) is 5.92 Å². The highest BCUT2D eigenvalue weighted by Crippen LogP contribution is 2.25. The van der Waals surface area contributed by atoms with Crippen LogP contribution in [0.1, 0.15) is 58.3 Å². The van der Waals surface area contributed by atoms with E-state index in [0.717, 1.165) is 51.6 Å². The first kappa shape index (κ1) is 21.3. The second-order valence-corrected chi connectivity index (χ2v) is 8.65. The molecule has 8 heteroatoms. The maximum absolute atomic E-state index is 12.5. The number of aliphatic hydroxyl groups is 2. The molecule has 8 nitrogen and oxygen atoms in total. The molecule has 1 saturated carbocycles. The number of aliphatic hydroxyl groups excluding tert-OH is 2. The van der Waals surface area contributed by atoms with Crippen molar-refractivity contribution < 1.29 is 24.5 Å². The number of hydrogen-bond donors (Lipinski definition) is 4. The molecule has 3 rings (SSSR count). The van der Waals surface area contributed by atoms with Gasteiger partial charge in [0.25, 0.3) is 0 Å². The summed E-state index contributed by atoms with van der Waals surface area (Å²) in [7, 11) is 0. The fourth-order valence-corrected chi connectivity index (χ4v) is 4.40. The fourth-order valence-electron chi connectivity index (χ4n) is 4.40. The molecule has 3 fully saturated rings. The molecule has 0 aromatic carbocycles. The van der Waals surface area contributed by atoms with Gasteiger partial charge in [-0.05, 0) is 31.6 Å². The molecule has 2 heterocycles. The van der Waals surface area contributed by atoms with Crippen molar-refractivity contribution in [3.05, 3.63) is 0 Å². The van der Waals surface area contributed by atoms with E-state index in [1.807, 2.05) is 4.90 Å². The fraction of sp³-hybridized carbons (Fsp3) is 0.900. The molecule has 4 N–H and O–H groups in total. The third-order valence-electron chi connectivity index (χ3n) is 6.38. The van der Waals surface area contributed by atoms with Gasteiger partial charge in [0.2, 0.25) is 5.91 Å². The SMILES string of the molecule is CC1CCN(C(=O)C[C@@H]2O[C@H](CNC(=O)NC3CCCCC3)[C@@H](O)[C@H]2O)CC1. The molecule has 160 valence electrons. The first-order valence-electron chi connectivity index (χ1n) is 10.8. The molecule has 0 bridgehead atoms. The van der Waals surface area contributed by atoms with Gasteiger partial charge in [0.15, 0.2) is 0 Å². The predicted molar refractivity (Wildman–Crippen MR) is 104 cm³/mol. The van der Waals surface area contributed by atoms with Gasteiger partial charge in [0, 0.05) is 25.7 Å². The smallest absolute Gasteiger partial charge is 0.315 e. The normalized spacial score (nSPS) is 32.3. The van der Waals surface area contributed by atoms with Gasteiger partial charge in [-0.15, -0.1) is 0 Å². The monoisotopic (exact) mass is 397 g/mol. The third-order valence-corrected chi connectivity index (χ3v) is 6.38. The topological polar surface area (TPSA) is 111 Å². The van der Waals surface area contributed by atoms with Crippen LogP contribution in [0.2, 0.25) is 0 Å². The van der Waals surface area contributed by atoms with E-state index >= 15 is 0 Å². The lowest BCUT2D eigenvalue weighted by Crippen LogP contribution is -2.47. The number of likely N-dealkylation sites (tertiary alicyclic amines) is 1. The molecule has 3 aliphatic rings. The molecular weight excluding hydrogens is 362 g/mol. The number of nitrogens with one attached hydrogen (secondary N) is 2. The van der Waals surface area contributed by atoms with Crippen molar-refractivity contribution in [2.24, 2.45) is 5.92 Å². The molecule has 1 aliphatic carbocycles. The van der Waals surface area contributed by atoms with Gasteiger partial charge < -0.3 is 30.5 Å². The summed E-state index contributed by atoms with van der Waals surface area (Å²) in [6.07, 6.45) is 3.81. The average molecular weight is 398 g/mol. The van der Waals surface area contributed by atoms with Crippen LogP contribution in [0.5, 0.6) is 0 Å². The van der Waals surface area contributed by atoms with Gasteiger partial charge in [-0.2, -0.15) is 0 Å². The molecule has 0 radical (unpaired) electrons. The molecule has 28 heavy (non-hydrogen) atoms. The van der Waals surface area contributed by atoms with E-state index in [-0.39, 0.29) is 30.9 Å². The largest absolute Gasteiger partial charge is 0.388 e. The van der Waals surface area contributed by atoms with Gasteiger partial charge in [0.1, 0.15) is 18.3 Å². The Morgan fingerprint density at radius 1 is 1.00 bits per heavy atom. The van der Waals surface area contributed by atoms with Crippen LogP contribution in [0.4, 0.5) is 4.79 Å². The van der Waals surface area contributed by atoms with Crippen LogP contribution in [-0.2, 0) is 9.53 Å². The van der Waals surface area contributed by atoms with Crippen molar-refractivity contribution in [2.75, 3.05) is 19.6 Å².